The molecule has 3 aromatic rings. The molecule has 20 heavy (non-hydrogen) atoms. The van der Waals surface area contributed by atoms with Gasteiger partial charge in [0.25, 0.3) is 0 Å². The summed E-state index contributed by atoms with van der Waals surface area (Å²) in [5.74, 6) is 1.52. The summed E-state index contributed by atoms with van der Waals surface area (Å²) in [6.45, 7) is 2.59. The van der Waals surface area contributed by atoms with Gasteiger partial charge in [-0.1, -0.05) is 6.07 Å². The average Bonchev–Trinajstić information content (AvgIpc) is 2.87. The molecule has 4 nitrogen and oxygen atoms in total. The third kappa shape index (κ3) is 2.69. The second kappa shape index (κ2) is 5.64. The van der Waals surface area contributed by atoms with Crippen molar-refractivity contribution in [3.05, 3.63) is 41.0 Å². The molecule has 1 N–H and O–H groups in total. The van der Waals surface area contributed by atoms with Gasteiger partial charge in [-0.05, 0) is 42.1 Å². The van der Waals surface area contributed by atoms with E-state index in [9.17, 15) is 0 Å². The summed E-state index contributed by atoms with van der Waals surface area (Å²) in [5.41, 5.74) is 0.901. The molecule has 0 aliphatic carbocycles. The number of benzene rings is 1. The van der Waals surface area contributed by atoms with Crippen molar-refractivity contribution in [1.82, 2.24) is 9.97 Å². The molecule has 0 bridgehead atoms. The molecule has 0 fully saturated rings. The van der Waals surface area contributed by atoms with Gasteiger partial charge in [-0.15, -0.1) is 11.3 Å². The van der Waals surface area contributed by atoms with E-state index in [1.54, 1.807) is 0 Å². The van der Waals surface area contributed by atoms with Gasteiger partial charge in [-0.25, -0.2) is 4.98 Å². The largest absolute Gasteiger partial charge is 0.494 e. The number of aromatic nitrogens is 2. The van der Waals surface area contributed by atoms with Gasteiger partial charge in [0.15, 0.2) is 0 Å². The van der Waals surface area contributed by atoms with Crippen LogP contribution < -0.4 is 10.1 Å². The van der Waals surface area contributed by atoms with E-state index >= 15 is 0 Å². The SMILES string of the molecule is CCOc1cccc(Nc2nc(Cl)nc3sccc23)c1. The Morgan fingerprint density at radius 3 is 3.05 bits per heavy atom. The van der Waals surface area contributed by atoms with Gasteiger partial charge in [0, 0.05) is 11.8 Å². The van der Waals surface area contributed by atoms with E-state index in [0.29, 0.717) is 12.4 Å². The lowest BCUT2D eigenvalue weighted by Gasteiger charge is -2.09. The number of fused-ring (bicyclic) bond motifs is 1. The van der Waals surface area contributed by atoms with Crippen LogP contribution in [-0.4, -0.2) is 16.6 Å². The van der Waals surface area contributed by atoms with E-state index in [1.165, 1.54) is 11.3 Å². The molecule has 3 rings (SSSR count). The molecule has 2 aromatic heterocycles. The van der Waals surface area contributed by atoms with Crippen LogP contribution in [0.25, 0.3) is 10.2 Å². The minimum Gasteiger partial charge on any atom is -0.494 e. The lowest BCUT2D eigenvalue weighted by Crippen LogP contribution is -1.97. The standard InChI is InChI=1S/C14H12ClN3OS/c1-2-19-10-5-3-4-9(8-10)16-12-11-6-7-20-13(11)18-14(15)17-12/h3-8H,2H2,1H3,(H,16,17,18). The predicted molar refractivity (Wildman–Crippen MR) is 83.3 cm³/mol. The number of halogens is 1. The zero-order valence-electron chi connectivity index (χ0n) is 10.8. The molecule has 0 spiro atoms. The molecule has 0 saturated carbocycles. The number of nitrogens with zero attached hydrogens (tertiary/aromatic N) is 2. The van der Waals surface area contributed by atoms with Crippen LogP contribution >= 0.6 is 22.9 Å². The molecule has 0 saturated heterocycles. The maximum Gasteiger partial charge on any atom is 0.225 e. The highest BCUT2D eigenvalue weighted by Gasteiger charge is 2.08. The lowest BCUT2D eigenvalue weighted by atomic mass is 10.3. The molecule has 102 valence electrons. The number of anilines is 2. The van der Waals surface area contributed by atoms with Crippen LogP contribution in [0.15, 0.2) is 35.7 Å². The minimum atomic E-state index is 0.239. The Bertz CT molecular complexity index is 744. The fourth-order valence-electron chi connectivity index (χ4n) is 1.89. The van der Waals surface area contributed by atoms with Crippen LogP contribution in [0.3, 0.4) is 0 Å². The first-order valence-electron chi connectivity index (χ1n) is 6.17. The van der Waals surface area contributed by atoms with Crippen LogP contribution in [0, 0.1) is 0 Å². The summed E-state index contributed by atoms with van der Waals surface area (Å²) in [4.78, 5) is 9.32. The van der Waals surface area contributed by atoms with E-state index in [0.717, 1.165) is 21.7 Å². The third-order valence-corrected chi connectivity index (χ3v) is 3.68. The second-order valence-electron chi connectivity index (χ2n) is 4.07. The molecule has 0 aliphatic heterocycles. The van der Waals surface area contributed by atoms with Crippen molar-refractivity contribution in [3.8, 4) is 5.75 Å². The Morgan fingerprint density at radius 2 is 2.20 bits per heavy atom. The molecule has 2 heterocycles. The van der Waals surface area contributed by atoms with Crippen molar-refractivity contribution in [1.29, 1.82) is 0 Å². The third-order valence-electron chi connectivity index (χ3n) is 2.71. The first kappa shape index (κ1) is 13.1. The van der Waals surface area contributed by atoms with Crippen molar-refractivity contribution >= 4 is 44.7 Å². The summed E-state index contributed by atoms with van der Waals surface area (Å²) in [7, 11) is 0. The molecule has 0 atom stereocenters. The first-order valence-corrected chi connectivity index (χ1v) is 7.42. The lowest BCUT2D eigenvalue weighted by molar-refractivity contribution is 0.340. The Kier molecular flexibility index (Phi) is 3.71. The zero-order valence-corrected chi connectivity index (χ0v) is 12.3. The van der Waals surface area contributed by atoms with Crippen molar-refractivity contribution in [2.45, 2.75) is 6.92 Å². The normalized spacial score (nSPS) is 10.7. The van der Waals surface area contributed by atoms with Gasteiger partial charge in [-0.2, -0.15) is 4.98 Å². The van der Waals surface area contributed by atoms with Crippen LogP contribution in [0.4, 0.5) is 11.5 Å². The molecule has 0 aliphatic rings. The summed E-state index contributed by atoms with van der Waals surface area (Å²) in [6.07, 6.45) is 0. The van der Waals surface area contributed by atoms with E-state index in [1.807, 2.05) is 42.6 Å². The molecule has 0 unspecified atom stereocenters. The quantitative estimate of drug-likeness (QED) is 0.722. The van der Waals surface area contributed by atoms with E-state index in [4.69, 9.17) is 16.3 Å². The van der Waals surface area contributed by atoms with E-state index in [-0.39, 0.29) is 5.28 Å². The van der Waals surface area contributed by atoms with Gasteiger partial charge in [0.05, 0.1) is 12.0 Å². The Morgan fingerprint density at radius 1 is 1.30 bits per heavy atom. The van der Waals surface area contributed by atoms with Gasteiger partial charge in [0.1, 0.15) is 16.4 Å². The summed E-state index contributed by atoms with van der Waals surface area (Å²) < 4.78 is 5.48. The molecule has 0 amide bonds. The molecular weight excluding hydrogens is 294 g/mol. The molecular formula is C14H12ClN3OS. The molecule has 0 radical (unpaired) electrons. The average molecular weight is 306 g/mol. The number of ether oxygens (including phenoxy) is 1. The summed E-state index contributed by atoms with van der Waals surface area (Å²) in [6, 6.07) is 9.71. The van der Waals surface area contributed by atoms with Crippen molar-refractivity contribution in [3.63, 3.8) is 0 Å². The zero-order chi connectivity index (χ0) is 13.9. The van der Waals surface area contributed by atoms with Gasteiger partial charge >= 0.3 is 0 Å². The van der Waals surface area contributed by atoms with Crippen molar-refractivity contribution in [2.24, 2.45) is 0 Å². The van der Waals surface area contributed by atoms with Crippen LogP contribution in [0.5, 0.6) is 5.75 Å². The second-order valence-corrected chi connectivity index (χ2v) is 5.30. The number of hydrogen-bond donors (Lipinski definition) is 1. The Hall–Kier alpha value is -1.85. The number of hydrogen-bond acceptors (Lipinski definition) is 5. The van der Waals surface area contributed by atoms with Crippen LogP contribution in [-0.2, 0) is 0 Å². The molecule has 1 aromatic carbocycles. The maximum atomic E-state index is 5.95. The van der Waals surface area contributed by atoms with Crippen LogP contribution in [0.1, 0.15) is 6.92 Å². The highest BCUT2D eigenvalue weighted by atomic mass is 35.5. The number of thiophene rings is 1. The fraction of sp³-hybridized carbons (Fsp3) is 0.143. The first-order chi connectivity index (χ1) is 9.76. The highest BCUT2D eigenvalue weighted by Crippen LogP contribution is 2.29. The predicted octanol–water partition coefficient (Wildman–Crippen LogP) is 4.49. The Labute approximate surface area is 125 Å². The number of nitrogens with one attached hydrogen (secondary N) is 1. The maximum absolute atomic E-state index is 5.95. The van der Waals surface area contributed by atoms with Crippen LogP contribution in [0.2, 0.25) is 5.28 Å². The minimum absolute atomic E-state index is 0.239. The fourth-order valence-corrected chi connectivity index (χ4v) is 2.87. The van der Waals surface area contributed by atoms with E-state index < -0.39 is 0 Å². The topological polar surface area (TPSA) is 47.0 Å². The van der Waals surface area contributed by atoms with Crippen molar-refractivity contribution < 1.29 is 4.74 Å². The Balaban J connectivity index is 1.96. The monoisotopic (exact) mass is 305 g/mol. The van der Waals surface area contributed by atoms with Crippen molar-refractivity contribution in [2.75, 3.05) is 11.9 Å². The highest BCUT2D eigenvalue weighted by molar-refractivity contribution is 7.16. The summed E-state index contributed by atoms with van der Waals surface area (Å²) >= 11 is 7.48. The van der Waals surface area contributed by atoms with Gasteiger partial charge < -0.3 is 10.1 Å². The summed E-state index contributed by atoms with van der Waals surface area (Å²) in [5, 5.41) is 6.43. The number of rotatable bonds is 4. The van der Waals surface area contributed by atoms with Gasteiger partial charge in [0.2, 0.25) is 5.28 Å². The van der Waals surface area contributed by atoms with Gasteiger partial charge in [-0.3, -0.25) is 0 Å². The smallest absolute Gasteiger partial charge is 0.225 e. The molecule has 6 heteroatoms. The van der Waals surface area contributed by atoms with E-state index in [2.05, 4.69) is 15.3 Å².